The Balaban J connectivity index is 0.000000258. The summed E-state index contributed by atoms with van der Waals surface area (Å²) >= 11 is 0. The molecule has 0 spiro atoms. The molecule has 5 heterocycles. The van der Waals surface area contributed by atoms with Crippen LogP contribution < -0.4 is 82.1 Å². The highest BCUT2D eigenvalue weighted by molar-refractivity contribution is 6.00. The number of carbonyl (C=O) groups is 4. The van der Waals surface area contributed by atoms with Crippen LogP contribution in [0.2, 0.25) is 0 Å². The van der Waals surface area contributed by atoms with Gasteiger partial charge in [0, 0.05) is 67.8 Å². The number of phenols is 1. The van der Waals surface area contributed by atoms with Crippen molar-refractivity contribution < 1.29 is 101 Å². The Labute approximate surface area is 758 Å². The lowest BCUT2D eigenvalue weighted by atomic mass is 10.0. The summed E-state index contributed by atoms with van der Waals surface area (Å²) in [5, 5.41) is 25.0. The summed E-state index contributed by atoms with van der Waals surface area (Å²) in [7, 11) is 1.57. The number of nitrogens with zero attached hydrogens (tertiary/aromatic N) is 4. The summed E-state index contributed by atoms with van der Waals surface area (Å²) in [4.78, 5) is 134. The Morgan fingerprint density at radius 3 is 1.11 bits per heavy atom. The summed E-state index contributed by atoms with van der Waals surface area (Å²) in [5.41, 5.74) is 37.9. The molecule has 0 saturated heterocycles. The van der Waals surface area contributed by atoms with Gasteiger partial charge < -0.3 is 87.2 Å². The van der Waals surface area contributed by atoms with Crippen LogP contribution in [0.25, 0.3) is 43.6 Å². The van der Waals surface area contributed by atoms with Crippen molar-refractivity contribution in [2.45, 2.75) is 139 Å². The van der Waals surface area contributed by atoms with Crippen molar-refractivity contribution in [3.63, 3.8) is 0 Å². The highest BCUT2D eigenvalue weighted by Crippen LogP contribution is 2.37. The first kappa shape index (κ1) is 104. The van der Waals surface area contributed by atoms with Gasteiger partial charge in [-0.05, 0) is 218 Å². The van der Waals surface area contributed by atoms with E-state index in [1.54, 1.807) is 55.6 Å². The molecule has 0 radical (unpaired) electrons. The maximum atomic E-state index is 13.0. The maximum Gasteiger partial charge on any atom is 0.373 e. The van der Waals surface area contributed by atoms with Gasteiger partial charge in [-0.3, -0.25) is 39.1 Å². The number of unbranched alkanes of at least 4 members (excludes halogenated alkanes) is 1. The van der Waals surface area contributed by atoms with Crippen LogP contribution in [-0.4, -0.2) is 151 Å². The molecular formula is C98H110N12O21. The van der Waals surface area contributed by atoms with Crippen LogP contribution >= 0.6 is 0 Å². The molecule has 13 rings (SSSR count). The number of aromatic hydroxyl groups is 1. The second kappa shape index (κ2) is 53.6. The Hall–Kier alpha value is -15.8. The standard InChI is InChI=1S/C27H35N3O4.C23H25N3O4.C22H25N3O3.C22H25N3O2.4CO2/c1-6-7-13-33-23-12-11-19(15-25(23)32-5)27(31)30-22(17(2)3)16-34-24-10-8-9-21-26(24)20(28)14-18(4)29-21;1-3-16(26-23(27)15-7-8-19-21(12-15)29-10-9-28-19)13-30-20-6-4-5-18-22(20)17(24)11-14(2)25-18;1-4-16(25-22(27)15-8-13(2)9-17(26)11-15)12-28-20-7-5-6-19-21(20)18(23)10-14(3)24-19;1-4-17(25-22(26)16-8-5-7-14(2)11-16)13-27-20-10-6-9-19-21(20)18(23)12-15(3)24-19;4*2-1-3/h8-12,14-15,17,22H,6-7,13,16H2,1-5H3,(H2,28,29)(H,30,31);4-8,11-12,16H,3,9-10,13H2,1-2H3,(H2,24,25)(H,26,27);5-11,16,26H,4,12H2,1-3H3,(H2,23,24)(H,25,27);5-12,17H,4,13H2,1-3H3,(H2,23,24)(H,25,26);;;;. The molecule has 4 atom stereocenters. The zero-order valence-electron chi connectivity index (χ0n) is 75.3. The van der Waals surface area contributed by atoms with Crippen LogP contribution in [0.4, 0.5) is 22.7 Å². The van der Waals surface area contributed by atoms with Crippen molar-refractivity contribution in [1.29, 1.82) is 0 Å². The summed E-state index contributed by atoms with van der Waals surface area (Å²) in [6.07, 6.45) is 5.17. The van der Waals surface area contributed by atoms with E-state index in [4.69, 9.17) is 99.2 Å². The third kappa shape index (κ3) is 31.9. The molecule has 13 N–H and O–H groups in total. The Kier molecular flexibility index (Phi) is 42.6. The van der Waals surface area contributed by atoms with Crippen LogP contribution in [0.5, 0.6) is 51.7 Å². The van der Waals surface area contributed by atoms with Crippen LogP contribution in [0.1, 0.15) is 149 Å². The number of ether oxygens (including phenoxy) is 8. The average Bonchev–Trinajstić information content (AvgIpc) is 0.811. The zero-order valence-corrected chi connectivity index (χ0v) is 75.3. The molecule has 4 unspecified atom stereocenters. The van der Waals surface area contributed by atoms with Crippen LogP contribution in [0.3, 0.4) is 0 Å². The molecule has 131 heavy (non-hydrogen) atoms. The lowest BCUT2D eigenvalue weighted by Crippen LogP contribution is -2.42. The van der Waals surface area contributed by atoms with E-state index in [0.29, 0.717) is 150 Å². The van der Waals surface area contributed by atoms with Crippen molar-refractivity contribution in [3.8, 4) is 51.7 Å². The molecule has 0 aliphatic carbocycles. The molecule has 8 aromatic carbocycles. The van der Waals surface area contributed by atoms with Crippen molar-refractivity contribution in [1.82, 2.24) is 41.2 Å². The third-order valence-corrected chi connectivity index (χ3v) is 19.8. The Morgan fingerprint density at radius 1 is 0.389 bits per heavy atom. The molecule has 4 aromatic heterocycles. The number of aromatic nitrogens is 4. The highest BCUT2D eigenvalue weighted by Gasteiger charge is 2.24. The number of rotatable bonds is 29. The monoisotopic (exact) mass is 1790 g/mol. The van der Waals surface area contributed by atoms with Crippen molar-refractivity contribution in [3.05, 3.63) is 232 Å². The largest absolute Gasteiger partial charge is 0.508 e. The Bertz CT molecular complexity index is 5940. The van der Waals surface area contributed by atoms with Gasteiger partial charge in [-0.2, -0.15) is 38.4 Å². The number of anilines is 4. The molecule has 0 bridgehead atoms. The summed E-state index contributed by atoms with van der Waals surface area (Å²) in [5.74, 6) is 4.55. The minimum absolute atomic E-state index is 0.0727. The number of pyridine rings is 4. The fraction of sp³-hybridized carbons (Fsp3) is 0.306. The number of hydrogen-bond donors (Lipinski definition) is 9. The molecule has 0 fully saturated rings. The smallest absolute Gasteiger partial charge is 0.373 e. The molecule has 0 saturated carbocycles. The van der Waals surface area contributed by atoms with Crippen LogP contribution in [0.15, 0.2) is 176 Å². The number of fused-ring (bicyclic) bond motifs is 5. The van der Waals surface area contributed by atoms with Gasteiger partial charge in [0.05, 0.1) is 81.5 Å². The summed E-state index contributed by atoms with van der Waals surface area (Å²) in [6.45, 7) is 26.5. The minimum atomic E-state index is -0.246. The topological polar surface area (TPSA) is 503 Å². The predicted molar refractivity (Wildman–Crippen MR) is 491 cm³/mol. The molecule has 688 valence electrons. The first-order valence-electron chi connectivity index (χ1n) is 41.8. The fourth-order valence-electron chi connectivity index (χ4n) is 13.3. The van der Waals surface area contributed by atoms with E-state index in [0.717, 1.165) is 96.8 Å². The van der Waals surface area contributed by atoms with Gasteiger partial charge in [0.1, 0.15) is 68.4 Å². The fourth-order valence-corrected chi connectivity index (χ4v) is 13.3. The lowest BCUT2D eigenvalue weighted by molar-refractivity contribution is -0.193. The van der Waals surface area contributed by atoms with E-state index < -0.39 is 0 Å². The van der Waals surface area contributed by atoms with Crippen molar-refractivity contribution >= 4 is 115 Å². The second-order valence-corrected chi connectivity index (χ2v) is 30.0. The van der Waals surface area contributed by atoms with Crippen molar-refractivity contribution in [2.24, 2.45) is 5.92 Å². The highest BCUT2D eigenvalue weighted by atomic mass is 16.6. The van der Waals surface area contributed by atoms with E-state index in [-0.39, 0.29) is 84.1 Å². The number of carbonyl (C=O) groups excluding carboxylic acids is 12. The van der Waals surface area contributed by atoms with Gasteiger partial charge in [0.2, 0.25) is 0 Å². The van der Waals surface area contributed by atoms with Gasteiger partial charge in [0.15, 0.2) is 23.0 Å². The van der Waals surface area contributed by atoms with Crippen molar-refractivity contribution in [2.75, 3.05) is 76.3 Å². The quantitative estimate of drug-likeness (QED) is 0.0197. The van der Waals surface area contributed by atoms with Gasteiger partial charge in [0.25, 0.3) is 23.6 Å². The molecular weight excluding hydrogens is 1680 g/mol. The van der Waals surface area contributed by atoms with E-state index in [2.05, 4.69) is 48.1 Å². The summed E-state index contributed by atoms with van der Waals surface area (Å²) < 4.78 is 46.5. The SMILES string of the molecule is CCC(COc1cccc2nc(C)cc(N)c12)NC(=O)c1cc(C)cc(O)c1.CCC(COc1cccc2nc(C)cc(N)c12)NC(=O)c1ccc2c(c1)OCCO2.CCC(COc1cccc2nc(C)cc(N)c12)NC(=O)c1cccc(C)c1.CCCCOc1ccc(C(=O)NC(COc2cccc3nc(C)cc(N)c23)C(C)C)cc1OC.O=C=O.O=C=O.O=C=O.O=C=O. The number of nitrogens with one attached hydrogen (secondary N) is 4. The number of nitrogens with two attached hydrogens (primary N) is 4. The van der Waals surface area contributed by atoms with Gasteiger partial charge in [-0.1, -0.05) is 89.9 Å². The number of phenolic OH excluding ortho intramolecular Hbond substituents is 1. The van der Waals surface area contributed by atoms with Gasteiger partial charge >= 0.3 is 24.6 Å². The normalized spacial score (nSPS) is 11.5. The first-order chi connectivity index (χ1) is 62.9. The van der Waals surface area contributed by atoms with Gasteiger partial charge in [-0.15, -0.1) is 0 Å². The number of nitrogen functional groups attached to an aromatic ring is 4. The molecule has 1 aliphatic rings. The van der Waals surface area contributed by atoms with E-state index in [1.807, 2.05) is 197 Å². The van der Waals surface area contributed by atoms with Crippen LogP contribution in [-0.2, 0) is 38.4 Å². The number of hydrogen-bond acceptors (Lipinski definition) is 29. The minimum Gasteiger partial charge on any atom is -0.508 e. The maximum absolute atomic E-state index is 13.0. The average molecular weight is 1790 g/mol. The first-order valence-corrected chi connectivity index (χ1v) is 41.8. The lowest BCUT2D eigenvalue weighted by Gasteiger charge is -2.23. The molecule has 1 aliphatic heterocycles. The predicted octanol–water partition coefficient (Wildman–Crippen LogP) is 14.0. The van der Waals surface area contributed by atoms with E-state index >= 15 is 0 Å². The Morgan fingerprint density at radius 2 is 0.740 bits per heavy atom. The molecule has 33 nitrogen and oxygen atoms in total. The van der Waals surface area contributed by atoms with E-state index in [1.165, 1.54) is 6.07 Å². The van der Waals surface area contributed by atoms with Crippen LogP contribution in [0, 0.1) is 47.5 Å². The molecule has 12 aromatic rings. The van der Waals surface area contributed by atoms with Gasteiger partial charge in [-0.25, -0.2) is 0 Å². The third-order valence-electron chi connectivity index (χ3n) is 19.8. The zero-order chi connectivity index (χ0) is 96.2. The number of benzene rings is 8. The molecule has 4 amide bonds. The second-order valence-electron chi connectivity index (χ2n) is 30.0. The molecule has 33 heteroatoms. The number of amides is 4. The number of methoxy groups -OCH3 is 1. The summed E-state index contributed by atoms with van der Waals surface area (Å²) in [6, 6.07) is 52.1. The number of aryl methyl sites for hydroxylation is 6. The van der Waals surface area contributed by atoms with E-state index in [9.17, 15) is 24.3 Å².